The maximum atomic E-state index is 12.8. The summed E-state index contributed by atoms with van der Waals surface area (Å²) >= 11 is 0. The number of benzene rings is 1. The van der Waals surface area contributed by atoms with E-state index >= 15 is 0 Å². The largest absolute Gasteiger partial charge is 0.471 e. The van der Waals surface area contributed by atoms with Crippen LogP contribution >= 0.6 is 0 Å². The number of nitrogens with zero attached hydrogens (tertiary/aromatic N) is 3. The Bertz CT molecular complexity index is 932. The van der Waals surface area contributed by atoms with Gasteiger partial charge in [-0.15, -0.1) is 0 Å². The van der Waals surface area contributed by atoms with Crippen molar-refractivity contribution in [3.63, 3.8) is 0 Å². The Balaban J connectivity index is 1.53. The Morgan fingerprint density at radius 1 is 1.22 bits per heavy atom. The van der Waals surface area contributed by atoms with Crippen molar-refractivity contribution >= 4 is 5.91 Å². The van der Waals surface area contributed by atoms with Crippen LogP contribution in [0.2, 0.25) is 0 Å². The lowest BCUT2D eigenvalue weighted by molar-refractivity contribution is -0.159. The summed E-state index contributed by atoms with van der Waals surface area (Å²) in [4.78, 5) is 21.1. The van der Waals surface area contributed by atoms with Gasteiger partial charge in [-0.2, -0.15) is 18.2 Å². The second-order valence-electron chi connectivity index (χ2n) is 6.28. The highest BCUT2D eigenvalue weighted by atomic mass is 19.4. The van der Waals surface area contributed by atoms with E-state index in [1.807, 2.05) is 18.3 Å². The molecule has 0 spiro atoms. The van der Waals surface area contributed by atoms with Gasteiger partial charge in [0.15, 0.2) is 0 Å². The van der Waals surface area contributed by atoms with Gasteiger partial charge in [-0.3, -0.25) is 4.79 Å². The van der Waals surface area contributed by atoms with E-state index in [9.17, 15) is 18.0 Å². The number of carbonyl (C=O) groups is 1. The maximum absolute atomic E-state index is 12.8. The van der Waals surface area contributed by atoms with Crippen LogP contribution in [0.15, 0.2) is 47.1 Å². The van der Waals surface area contributed by atoms with Crippen LogP contribution in [0.3, 0.4) is 0 Å². The molecular weight excluding hydrogens is 361 g/mol. The summed E-state index contributed by atoms with van der Waals surface area (Å²) in [6, 6.07) is 9.99. The van der Waals surface area contributed by atoms with Gasteiger partial charge in [0.1, 0.15) is 0 Å². The number of hydrogen-bond acceptors (Lipinski definition) is 4. The second-order valence-corrected chi connectivity index (χ2v) is 6.28. The van der Waals surface area contributed by atoms with Crippen LogP contribution in [0.4, 0.5) is 13.2 Å². The molecule has 1 fully saturated rings. The van der Waals surface area contributed by atoms with Gasteiger partial charge >= 0.3 is 12.1 Å². The predicted octanol–water partition coefficient (Wildman–Crippen LogP) is 4.06. The topological polar surface area (TPSA) is 75.0 Å². The molecule has 0 aliphatic carbocycles. The van der Waals surface area contributed by atoms with E-state index in [1.54, 1.807) is 17.0 Å². The summed E-state index contributed by atoms with van der Waals surface area (Å²) in [6.45, 7) is 0.657. The number of halogens is 3. The smallest absolute Gasteiger partial charge is 0.363 e. The van der Waals surface area contributed by atoms with E-state index < -0.39 is 12.1 Å². The molecule has 0 bridgehead atoms. The van der Waals surface area contributed by atoms with Crippen molar-refractivity contribution in [2.75, 3.05) is 6.54 Å². The first-order valence-electron chi connectivity index (χ1n) is 8.39. The molecule has 0 saturated carbocycles. The normalized spacial score (nSPS) is 17.4. The number of alkyl halides is 3. The van der Waals surface area contributed by atoms with Crippen molar-refractivity contribution in [1.82, 2.24) is 20.0 Å². The van der Waals surface area contributed by atoms with Gasteiger partial charge in [0, 0.05) is 29.6 Å². The van der Waals surface area contributed by atoms with Gasteiger partial charge in [-0.05, 0) is 37.1 Å². The Morgan fingerprint density at radius 2 is 2.00 bits per heavy atom. The Labute approximate surface area is 152 Å². The number of nitrogens with one attached hydrogen (secondary N) is 1. The zero-order valence-corrected chi connectivity index (χ0v) is 14.0. The van der Waals surface area contributed by atoms with Gasteiger partial charge in [0.2, 0.25) is 5.82 Å². The van der Waals surface area contributed by atoms with Crippen LogP contribution in [-0.2, 0) is 6.18 Å². The predicted molar refractivity (Wildman–Crippen MR) is 88.5 cm³/mol. The van der Waals surface area contributed by atoms with Crippen molar-refractivity contribution in [3.05, 3.63) is 59.7 Å². The van der Waals surface area contributed by atoms with Crippen molar-refractivity contribution in [1.29, 1.82) is 0 Å². The average molecular weight is 376 g/mol. The molecular formula is C18H15F3N4O2. The first-order chi connectivity index (χ1) is 12.9. The third-order valence-corrected chi connectivity index (χ3v) is 4.55. The van der Waals surface area contributed by atoms with E-state index in [1.165, 1.54) is 12.1 Å². The highest BCUT2D eigenvalue weighted by Crippen LogP contribution is 2.33. The van der Waals surface area contributed by atoms with E-state index in [-0.39, 0.29) is 17.8 Å². The van der Waals surface area contributed by atoms with Crippen LogP contribution in [-0.4, -0.2) is 32.5 Å². The third kappa shape index (κ3) is 3.32. The molecule has 140 valence electrons. The number of hydrogen-bond donors (Lipinski definition) is 1. The quantitative estimate of drug-likeness (QED) is 0.748. The molecule has 0 radical (unpaired) electrons. The highest BCUT2D eigenvalue weighted by Gasteiger charge is 2.38. The van der Waals surface area contributed by atoms with Gasteiger partial charge < -0.3 is 14.4 Å². The molecule has 3 heterocycles. The summed E-state index contributed by atoms with van der Waals surface area (Å²) in [7, 11) is 0. The third-order valence-electron chi connectivity index (χ3n) is 4.55. The SMILES string of the molecule is O=C(c1ccc(-c2noc(C(F)(F)F)n2)cc1)N1CCC[C@H]1c1ccc[nH]1. The summed E-state index contributed by atoms with van der Waals surface area (Å²) in [6.07, 6.45) is -1.07. The minimum atomic E-state index is -4.69. The lowest BCUT2D eigenvalue weighted by Crippen LogP contribution is -2.30. The Hall–Kier alpha value is -3.10. The fraction of sp³-hybridized carbons (Fsp3) is 0.278. The number of carbonyl (C=O) groups excluding carboxylic acids is 1. The van der Waals surface area contributed by atoms with Gasteiger partial charge in [-0.25, -0.2) is 0 Å². The Morgan fingerprint density at radius 3 is 2.63 bits per heavy atom. The fourth-order valence-corrected chi connectivity index (χ4v) is 3.27. The monoisotopic (exact) mass is 376 g/mol. The van der Waals surface area contributed by atoms with Crippen LogP contribution in [0.1, 0.15) is 40.8 Å². The average Bonchev–Trinajstić information content (AvgIpc) is 3.41. The van der Waals surface area contributed by atoms with E-state index in [0.717, 1.165) is 18.5 Å². The molecule has 1 aliphatic rings. The Kier molecular flexibility index (Phi) is 4.21. The van der Waals surface area contributed by atoms with Crippen molar-refractivity contribution in [3.8, 4) is 11.4 Å². The van der Waals surface area contributed by atoms with Crippen LogP contribution < -0.4 is 0 Å². The number of rotatable bonds is 3. The molecule has 1 saturated heterocycles. The number of aromatic amines is 1. The van der Waals surface area contributed by atoms with Crippen LogP contribution in [0, 0.1) is 0 Å². The molecule has 3 aromatic rings. The highest BCUT2D eigenvalue weighted by molar-refractivity contribution is 5.95. The number of aromatic nitrogens is 3. The molecule has 1 amide bonds. The molecule has 1 N–H and O–H groups in total. The zero-order chi connectivity index (χ0) is 19.0. The second kappa shape index (κ2) is 6.57. The van der Waals surface area contributed by atoms with Crippen molar-refractivity contribution < 1.29 is 22.5 Å². The molecule has 6 nitrogen and oxygen atoms in total. The van der Waals surface area contributed by atoms with Crippen LogP contribution in [0.25, 0.3) is 11.4 Å². The standard InChI is InChI=1S/C18H15F3N4O2/c19-18(20,21)17-23-15(24-27-17)11-5-7-12(8-6-11)16(26)25-10-2-4-14(25)13-3-1-9-22-13/h1,3,5-9,14,22H,2,4,10H2/t14-/m0/s1. The molecule has 2 aromatic heterocycles. The first-order valence-corrected chi connectivity index (χ1v) is 8.39. The van der Waals surface area contributed by atoms with Crippen molar-refractivity contribution in [2.45, 2.75) is 25.1 Å². The van der Waals surface area contributed by atoms with E-state index in [4.69, 9.17) is 0 Å². The minimum absolute atomic E-state index is 0.00118. The lowest BCUT2D eigenvalue weighted by Gasteiger charge is -2.24. The van der Waals surface area contributed by atoms with Crippen molar-refractivity contribution in [2.24, 2.45) is 0 Å². The zero-order valence-electron chi connectivity index (χ0n) is 14.0. The van der Waals surface area contributed by atoms with Gasteiger partial charge in [-0.1, -0.05) is 17.3 Å². The summed E-state index contributed by atoms with van der Waals surface area (Å²) in [5.41, 5.74) is 1.79. The number of likely N-dealkylation sites (tertiary alicyclic amines) is 1. The van der Waals surface area contributed by atoms with Gasteiger partial charge in [0.25, 0.3) is 5.91 Å². The molecule has 0 unspecified atom stereocenters. The van der Waals surface area contributed by atoms with E-state index in [0.29, 0.717) is 17.7 Å². The minimum Gasteiger partial charge on any atom is -0.363 e. The first kappa shape index (κ1) is 17.3. The molecule has 1 aromatic carbocycles. The molecule has 1 aliphatic heterocycles. The summed E-state index contributed by atoms with van der Waals surface area (Å²) in [5.74, 6) is -1.70. The molecule has 4 rings (SSSR count). The van der Waals surface area contributed by atoms with Gasteiger partial charge in [0.05, 0.1) is 6.04 Å². The number of H-pyrrole nitrogens is 1. The van der Waals surface area contributed by atoms with Crippen LogP contribution in [0.5, 0.6) is 0 Å². The summed E-state index contributed by atoms with van der Waals surface area (Å²) in [5, 5.41) is 3.35. The molecule has 1 atom stereocenters. The fourth-order valence-electron chi connectivity index (χ4n) is 3.27. The number of amides is 1. The molecule has 27 heavy (non-hydrogen) atoms. The molecule has 9 heteroatoms. The van der Waals surface area contributed by atoms with E-state index in [2.05, 4.69) is 19.6 Å². The summed E-state index contributed by atoms with van der Waals surface area (Å²) < 4.78 is 41.9. The lowest BCUT2D eigenvalue weighted by atomic mass is 10.1. The maximum Gasteiger partial charge on any atom is 0.471 e.